The highest BCUT2D eigenvalue weighted by molar-refractivity contribution is 5.92. The summed E-state index contributed by atoms with van der Waals surface area (Å²) in [6.45, 7) is 3.39. The summed E-state index contributed by atoms with van der Waals surface area (Å²) in [6, 6.07) is 12.1. The molecule has 2 aromatic heterocycles. The molecule has 0 spiro atoms. The molecule has 1 aliphatic rings. The number of likely N-dealkylation sites (tertiary alicyclic amines) is 1. The van der Waals surface area contributed by atoms with Crippen LogP contribution in [0.2, 0.25) is 0 Å². The molecule has 1 amide bonds. The number of amides is 1. The second-order valence-electron chi connectivity index (χ2n) is 6.94. The van der Waals surface area contributed by atoms with Crippen LogP contribution in [0.1, 0.15) is 34.7 Å². The Morgan fingerprint density at radius 2 is 2.08 bits per heavy atom. The van der Waals surface area contributed by atoms with E-state index < -0.39 is 0 Å². The fraction of sp³-hybridized carbons (Fsp3) is 0.333. The summed E-state index contributed by atoms with van der Waals surface area (Å²) in [4.78, 5) is 27.5. The van der Waals surface area contributed by atoms with E-state index >= 15 is 0 Å². The Labute approximate surface area is 153 Å². The number of carbonyl (C=O) groups excluding carboxylic acids is 1. The summed E-state index contributed by atoms with van der Waals surface area (Å²) >= 11 is 0. The Balaban J connectivity index is 1.51. The molecule has 5 heteroatoms. The minimum atomic E-state index is 0.0137. The third-order valence-corrected chi connectivity index (χ3v) is 5.05. The quantitative estimate of drug-likeness (QED) is 0.729. The standard InChI is InChI=1S/C21H22N4O/c1-15-22-11-9-20(24-15)21(26)25-12-4-5-16(14-25)13-17-6-2-8-19-18(17)7-3-10-23-19/h2-3,6-11,16H,4-5,12-14H2,1H3/t16-/m1/s1. The largest absolute Gasteiger partial charge is 0.337 e. The molecule has 0 saturated carbocycles. The van der Waals surface area contributed by atoms with Crippen LogP contribution in [0.3, 0.4) is 0 Å². The first-order valence-electron chi connectivity index (χ1n) is 9.12. The minimum absolute atomic E-state index is 0.0137. The first kappa shape index (κ1) is 16.6. The molecular formula is C21H22N4O. The predicted octanol–water partition coefficient (Wildman–Crippen LogP) is 3.43. The summed E-state index contributed by atoms with van der Waals surface area (Å²) in [6.07, 6.45) is 6.62. The van der Waals surface area contributed by atoms with Gasteiger partial charge in [0.1, 0.15) is 11.5 Å². The van der Waals surface area contributed by atoms with Crippen molar-refractivity contribution in [3.05, 3.63) is 65.9 Å². The normalized spacial score (nSPS) is 17.4. The maximum atomic E-state index is 12.8. The number of pyridine rings is 1. The number of hydrogen-bond donors (Lipinski definition) is 0. The number of hydrogen-bond acceptors (Lipinski definition) is 4. The van der Waals surface area contributed by atoms with Crippen molar-refractivity contribution in [1.29, 1.82) is 0 Å². The zero-order valence-corrected chi connectivity index (χ0v) is 14.9. The number of nitrogens with zero attached hydrogens (tertiary/aromatic N) is 4. The second kappa shape index (κ2) is 7.20. The molecule has 5 nitrogen and oxygen atoms in total. The Morgan fingerprint density at radius 3 is 2.96 bits per heavy atom. The van der Waals surface area contributed by atoms with Crippen LogP contribution >= 0.6 is 0 Å². The van der Waals surface area contributed by atoms with E-state index in [4.69, 9.17) is 0 Å². The van der Waals surface area contributed by atoms with Gasteiger partial charge in [-0.25, -0.2) is 9.97 Å². The fourth-order valence-corrected chi connectivity index (χ4v) is 3.81. The topological polar surface area (TPSA) is 59.0 Å². The van der Waals surface area contributed by atoms with Gasteiger partial charge >= 0.3 is 0 Å². The maximum Gasteiger partial charge on any atom is 0.272 e. The number of rotatable bonds is 3. The average molecular weight is 346 g/mol. The lowest BCUT2D eigenvalue weighted by molar-refractivity contribution is 0.0667. The average Bonchev–Trinajstić information content (AvgIpc) is 2.68. The summed E-state index contributed by atoms with van der Waals surface area (Å²) in [5.41, 5.74) is 2.84. The molecule has 3 aromatic rings. The highest BCUT2D eigenvalue weighted by Crippen LogP contribution is 2.25. The van der Waals surface area contributed by atoms with E-state index in [9.17, 15) is 4.79 Å². The lowest BCUT2D eigenvalue weighted by Crippen LogP contribution is -2.41. The van der Waals surface area contributed by atoms with Gasteiger partial charge in [0.2, 0.25) is 0 Å². The molecule has 132 valence electrons. The fourth-order valence-electron chi connectivity index (χ4n) is 3.81. The van der Waals surface area contributed by atoms with E-state index in [1.54, 1.807) is 12.3 Å². The van der Waals surface area contributed by atoms with Crippen LogP contribution in [-0.2, 0) is 6.42 Å². The maximum absolute atomic E-state index is 12.8. The van der Waals surface area contributed by atoms with Gasteiger partial charge in [0.15, 0.2) is 0 Å². The van der Waals surface area contributed by atoms with Gasteiger partial charge in [0, 0.05) is 30.9 Å². The number of aromatic nitrogens is 3. The van der Waals surface area contributed by atoms with Gasteiger partial charge in [0.25, 0.3) is 5.91 Å². The third-order valence-electron chi connectivity index (χ3n) is 5.05. The van der Waals surface area contributed by atoms with Crippen LogP contribution in [0.15, 0.2) is 48.8 Å². The molecule has 4 rings (SSSR count). The SMILES string of the molecule is Cc1nccc(C(=O)N2CCC[C@H](Cc3cccc4ncccc34)C2)n1. The smallest absolute Gasteiger partial charge is 0.272 e. The van der Waals surface area contributed by atoms with Gasteiger partial charge in [-0.2, -0.15) is 0 Å². The first-order valence-corrected chi connectivity index (χ1v) is 9.12. The van der Waals surface area contributed by atoms with E-state index in [0.29, 0.717) is 17.4 Å². The van der Waals surface area contributed by atoms with Crippen molar-refractivity contribution in [3.63, 3.8) is 0 Å². The van der Waals surface area contributed by atoms with E-state index in [2.05, 4.69) is 33.2 Å². The first-order chi connectivity index (χ1) is 12.7. The number of carbonyl (C=O) groups is 1. The van der Waals surface area contributed by atoms with Crippen LogP contribution in [0.4, 0.5) is 0 Å². The molecular weight excluding hydrogens is 324 g/mol. The molecule has 1 aliphatic heterocycles. The zero-order valence-electron chi connectivity index (χ0n) is 14.9. The van der Waals surface area contributed by atoms with Crippen molar-refractivity contribution < 1.29 is 4.79 Å². The highest BCUT2D eigenvalue weighted by atomic mass is 16.2. The van der Waals surface area contributed by atoms with E-state index in [0.717, 1.165) is 37.9 Å². The van der Waals surface area contributed by atoms with Crippen molar-refractivity contribution >= 4 is 16.8 Å². The molecule has 0 N–H and O–H groups in total. The van der Waals surface area contributed by atoms with E-state index in [-0.39, 0.29) is 5.91 Å². The molecule has 1 aromatic carbocycles. The van der Waals surface area contributed by atoms with Crippen molar-refractivity contribution in [2.45, 2.75) is 26.2 Å². The number of fused-ring (bicyclic) bond motifs is 1. The molecule has 1 fully saturated rings. The summed E-state index contributed by atoms with van der Waals surface area (Å²) in [5.74, 6) is 1.11. The lowest BCUT2D eigenvalue weighted by atomic mass is 9.89. The lowest BCUT2D eigenvalue weighted by Gasteiger charge is -2.33. The monoisotopic (exact) mass is 346 g/mol. The van der Waals surface area contributed by atoms with Crippen molar-refractivity contribution in [2.75, 3.05) is 13.1 Å². The molecule has 1 atom stereocenters. The summed E-state index contributed by atoms with van der Waals surface area (Å²) in [5, 5.41) is 1.21. The summed E-state index contributed by atoms with van der Waals surface area (Å²) in [7, 11) is 0. The van der Waals surface area contributed by atoms with Crippen LogP contribution in [0, 0.1) is 12.8 Å². The Hall–Kier alpha value is -2.82. The Bertz CT molecular complexity index is 935. The molecule has 26 heavy (non-hydrogen) atoms. The number of benzene rings is 1. The predicted molar refractivity (Wildman–Crippen MR) is 101 cm³/mol. The van der Waals surface area contributed by atoms with Gasteiger partial charge < -0.3 is 4.90 Å². The van der Waals surface area contributed by atoms with Crippen LogP contribution in [0.5, 0.6) is 0 Å². The summed E-state index contributed by atoms with van der Waals surface area (Å²) < 4.78 is 0. The van der Waals surface area contributed by atoms with E-state index in [1.807, 2.05) is 30.2 Å². The van der Waals surface area contributed by atoms with Crippen LogP contribution in [0.25, 0.3) is 10.9 Å². The minimum Gasteiger partial charge on any atom is -0.337 e. The van der Waals surface area contributed by atoms with Crippen molar-refractivity contribution in [2.24, 2.45) is 5.92 Å². The van der Waals surface area contributed by atoms with E-state index in [1.165, 1.54) is 10.9 Å². The van der Waals surface area contributed by atoms with Gasteiger partial charge in [-0.1, -0.05) is 18.2 Å². The van der Waals surface area contributed by atoms with Gasteiger partial charge in [-0.15, -0.1) is 0 Å². The second-order valence-corrected chi connectivity index (χ2v) is 6.94. The molecule has 1 saturated heterocycles. The highest BCUT2D eigenvalue weighted by Gasteiger charge is 2.25. The number of aryl methyl sites for hydroxylation is 1. The van der Waals surface area contributed by atoms with Gasteiger partial charge in [-0.3, -0.25) is 9.78 Å². The molecule has 0 bridgehead atoms. The van der Waals surface area contributed by atoms with Gasteiger partial charge in [0.05, 0.1) is 5.52 Å². The van der Waals surface area contributed by atoms with Crippen molar-refractivity contribution in [3.8, 4) is 0 Å². The van der Waals surface area contributed by atoms with Crippen LogP contribution in [-0.4, -0.2) is 38.8 Å². The Kier molecular flexibility index (Phi) is 4.61. The number of piperidine rings is 1. The molecule has 0 unspecified atom stereocenters. The molecule has 0 aliphatic carbocycles. The van der Waals surface area contributed by atoms with Crippen LogP contribution < -0.4 is 0 Å². The molecule has 0 radical (unpaired) electrons. The molecule has 3 heterocycles. The van der Waals surface area contributed by atoms with Crippen molar-refractivity contribution in [1.82, 2.24) is 19.9 Å². The third kappa shape index (κ3) is 3.43. The Morgan fingerprint density at radius 1 is 1.15 bits per heavy atom. The van der Waals surface area contributed by atoms with Gasteiger partial charge in [-0.05, 0) is 55.9 Å². The zero-order chi connectivity index (χ0) is 17.9.